The van der Waals surface area contributed by atoms with Crippen LogP contribution < -0.4 is 14.9 Å². The quantitative estimate of drug-likeness (QED) is 0.371. The molecule has 1 amide bonds. The molecular weight excluding hydrogens is 540 g/mol. The third kappa shape index (κ3) is 5.12. The van der Waals surface area contributed by atoms with E-state index < -0.39 is 6.04 Å². The number of hydrogen-bond donors (Lipinski definition) is 0. The van der Waals surface area contributed by atoms with Gasteiger partial charge >= 0.3 is 0 Å². The molecule has 1 aromatic heterocycles. The first-order chi connectivity index (χ1) is 18.0. The monoisotopic (exact) mass is 570 g/mol. The molecular formula is C28H31BrN2O6. The van der Waals surface area contributed by atoms with Gasteiger partial charge in [-0.15, -0.1) is 0 Å². The normalized spacial score (nSPS) is 17.9. The van der Waals surface area contributed by atoms with Crippen LogP contribution in [0.15, 0.2) is 50.1 Å². The average molecular weight is 571 g/mol. The second-order valence-corrected chi connectivity index (χ2v) is 10.0. The Bertz CT molecular complexity index is 1350. The lowest BCUT2D eigenvalue weighted by Crippen LogP contribution is -2.38. The predicted molar refractivity (Wildman–Crippen MR) is 144 cm³/mol. The number of ether oxygens (including phenoxy) is 3. The number of carbonyl (C=O) groups excluding carboxylic acids is 1. The van der Waals surface area contributed by atoms with Gasteiger partial charge in [-0.2, -0.15) is 0 Å². The number of fused-ring (bicyclic) bond motifs is 2. The summed E-state index contributed by atoms with van der Waals surface area (Å²) in [6.45, 7) is 9.35. The van der Waals surface area contributed by atoms with Gasteiger partial charge in [0.25, 0.3) is 5.91 Å². The SMILES string of the molecule is CCOc1ccc(C2c3c(oc4ccc(Br)cc4c3=O)C(=O)N2CCCN2CCOCC2)cc1OCC. The molecule has 2 aromatic carbocycles. The predicted octanol–water partition coefficient (Wildman–Crippen LogP) is 4.62. The fourth-order valence-corrected chi connectivity index (χ4v) is 5.46. The highest BCUT2D eigenvalue weighted by atomic mass is 79.9. The molecule has 0 radical (unpaired) electrons. The van der Waals surface area contributed by atoms with Gasteiger partial charge in [0.15, 0.2) is 16.9 Å². The van der Waals surface area contributed by atoms with Gasteiger partial charge in [-0.1, -0.05) is 22.0 Å². The topological polar surface area (TPSA) is 81.5 Å². The smallest absolute Gasteiger partial charge is 0.290 e. The van der Waals surface area contributed by atoms with Crippen LogP contribution >= 0.6 is 15.9 Å². The molecule has 8 nitrogen and oxygen atoms in total. The second kappa shape index (κ2) is 11.2. The molecule has 5 rings (SSSR count). The summed E-state index contributed by atoms with van der Waals surface area (Å²) >= 11 is 3.45. The first-order valence-electron chi connectivity index (χ1n) is 12.8. The molecule has 0 saturated carbocycles. The van der Waals surface area contributed by atoms with Gasteiger partial charge in [0.1, 0.15) is 5.58 Å². The molecule has 3 aromatic rings. The van der Waals surface area contributed by atoms with E-state index in [9.17, 15) is 9.59 Å². The third-order valence-electron chi connectivity index (χ3n) is 6.79. The zero-order valence-corrected chi connectivity index (χ0v) is 22.7. The van der Waals surface area contributed by atoms with E-state index in [2.05, 4.69) is 20.8 Å². The molecule has 2 aliphatic rings. The van der Waals surface area contributed by atoms with Crippen molar-refractivity contribution in [3.63, 3.8) is 0 Å². The van der Waals surface area contributed by atoms with Crippen molar-refractivity contribution in [2.24, 2.45) is 0 Å². The van der Waals surface area contributed by atoms with E-state index in [1.165, 1.54) is 0 Å². The third-order valence-corrected chi connectivity index (χ3v) is 7.28. The summed E-state index contributed by atoms with van der Waals surface area (Å²) in [7, 11) is 0. The number of nitrogens with zero attached hydrogens (tertiary/aromatic N) is 2. The van der Waals surface area contributed by atoms with E-state index >= 15 is 0 Å². The Morgan fingerprint density at radius 1 is 0.973 bits per heavy atom. The molecule has 9 heteroatoms. The second-order valence-electron chi connectivity index (χ2n) is 9.10. The van der Waals surface area contributed by atoms with Crippen LogP contribution in [0.25, 0.3) is 11.0 Å². The van der Waals surface area contributed by atoms with E-state index in [1.807, 2.05) is 32.0 Å². The van der Waals surface area contributed by atoms with Crippen molar-refractivity contribution < 1.29 is 23.4 Å². The summed E-state index contributed by atoms with van der Waals surface area (Å²) in [6.07, 6.45) is 0.769. The van der Waals surface area contributed by atoms with Crippen LogP contribution in [-0.4, -0.2) is 68.3 Å². The van der Waals surface area contributed by atoms with E-state index in [0.29, 0.717) is 47.8 Å². The number of carbonyl (C=O) groups is 1. The maximum atomic E-state index is 13.8. The maximum absolute atomic E-state index is 13.8. The van der Waals surface area contributed by atoms with Crippen LogP contribution in [0.1, 0.15) is 48.0 Å². The number of benzene rings is 2. The molecule has 0 aliphatic carbocycles. The lowest BCUT2D eigenvalue weighted by Gasteiger charge is -2.29. The largest absolute Gasteiger partial charge is 0.490 e. The van der Waals surface area contributed by atoms with E-state index in [1.54, 1.807) is 23.1 Å². The van der Waals surface area contributed by atoms with E-state index in [-0.39, 0.29) is 17.1 Å². The van der Waals surface area contributed by atoms with Crippen LogP contribution in [0.2, 0.25) is 0 Å². The molecule has 1 unspecified atom stereocenters. The number of hydrogen-bond acceptors (Lipinski definition) is 7. The van der Waals surface area contributed by atoms with Gasteiger partial charge in [0.05, 0.1) is 43.4 Å². The van der Waals surface area contributed by atoms with E-state index in [4.69, 9.17) is 18.6 Å². The minimum absolute atomic E-state index is 0.114. The summed E-state index contributed by atoms with van der Waals surface area (Å²) in [5, 5.41) is 0.442. The van der Waals surface area contributed by atoms with Gasteiger partial charge in [0.2, 0.25) is 5.76 Å². The lowest BCUT2D eigenvalue weighted by molar-refractivity contribution is 0.0353. The van der Waals surface area contributed by atoms with Crippen LogP contribution in [0.4, 0.5) is 0 Å². The molecule has 0 N–H and O–H groups in total. The molecule has 1 saturated heterocycles. The van der Waals surface area contributed by atoms with Gasteiger partial charge in [-0.25, -0.2) is 0 Å². The molecule has 2 aliphatic heterocycles. The molecule has 37 heavy (non-hydrogen) atoms. The first-order valence-corrected chi connectivity index (χ1v) is 13.6. The number of rotatable bonds is 9. The summed E-state index contributed by atoms with van der Waals surface area (Å²) in [6, 6.07) is 10.3. The van der Waals surface area contributed by atoms with Crippen molar-refractivity contribution in [3.05, 3.63) is 68.0 Å². The average Bonchev–Trinajstić information content (AvgIpc) is 3.18. The van der Waals surface area contributed by atoms with Crippen molar-refractivity contribution in [1.82, 2.24) is 9.80 Å². The lowest BCUT2D eigenvalue weighted by atomic mass is 9.98. The molecule has 0 bridgehead atoms. The fraction of sp³-hybridized carbons (Fsp3) is 0.429. The molecule has 3 heterocycles. The van der Waals surface area contributed by atoms with Gasteiger partial charge < -0.3 is 23.5 Å². The minimum Gasteiger partial charge on any atom is -0.490 e. The zero-order chi connectivity index (χ0) is 25.9. The zero-order valence-electron chi connectivity index (χ0n) is 21.1. The highest BCUT2D eigenvalue weighted by molar-refractivity contribution is 9.10. The number of halogens is 1. The number of amides is 1. The highest BCUT2D eigenvalue weighted by Crippen LogP contribution is 2.41. The Labute approximate surface area is 224 Å². The van der Waals surface area contributed by atoms with Crippen molar-refractivity contribution in [2.45, 2.75) is 26.3 Å². The van der Waals surface area contributed by atoms with Crippen molar-refractivity contribution in [1.29, 1.82) is 0 Å². The minimum atomic E-state index is -0.582. The summed E-state index contributed by atoms with van der Waals surface area (Å²) in [5.74, 6) is 1.06. The first kappa shape index (κ1) is 25.8. The molecule has 196 valence electrons. The number of morpholine rings is 1. The van der Waals surface area contributed by atoms with Gasteiger partial charge in [-0.3, -0.25) is 14.5 Å². The van der Waals surface area contributed by atoms with Crippen LogP contribution in [0.5, 0.6) is 11.5 Å². The Balaban J connectivity index is 1.57. The van der Waals surface area contributed by atoms with E-state index in [0.717, 1.165) is 49.3 Å². The van der Waals surface area contributed by atoms with Crippen molar-refractivity contribution >= 4 is 32.8 Å². The standard InChI is InChI=1S/C28H31BrN2O6/c1-3-35-22-8-6-18(16-23(22)36-4-2)25-24-26(32)20-17-19(29)7-9-21(20)37-27(24)28(33)31(25)11-5-10-30-12-14-34-15-13-30/h6-9,16-17,25H,3-5,10-15H2,1-2H3. The summed E-state index contributed by atoms with van der Waals surface area (Å²) < 4.78 is 23.9. The van der Waals surface area contributed by atoms with Crippen molar-refractivity contribution in [3.8, 4) is 11.5 Å². The van der Waals surface area contributed by atoms with Crippen LogP contribution in [0, 0.1) is 0 Å². The Morgan fingerprint density at radius 3 is 2.49 bits per heavy atom. The van der Waals surface area contributed by atoms with Crippen LogP contribution in [-0.2, 0) is 4.74 Å². The highest BCUT2D eigenvalue weighted by Gasteiger charge is 2.42. The van der Waals surface area contributed by atoms with Gasteiger partial charge in [-0.05, 0) is 56.2 Å². The Kier molecular flexibility index (Phi) is 7.83. The maximum Gasteiger partial charge on any atom is 0.290 e. The summed E-state index contributed by atoms with van der Waals surface area (Å²) in [5.41, 5.74) is 1.36. The molecule has 1 fully saturated rings. The fourth-order valence-electron chi connectivity index (χ4n) is 5.10. The molecule has 1 atom stereocenters. The molecule has 0 spiro atoms. The van der Waals surface area contributed by atoms with Gasteiger partial charge in [0, 0.05) is 30.7 Å². The Hall–Kier alpha value is -2.88. The Morgan fingerprint density at radius 2 is 1.73 bits per heavy atom. The van der Waals surface area contributed by atoms with Crippen LogP contribution in [0.3, 0.4) is 0 Å². The van der Waals surface area contributed by atoms with Crippen molar-refractivity contribution in [2.75, 3.05) is 52.6 Å². The summed E-state index contributed by atoms with van der Waals surface area (Å²) in [4.78, 5) is 31.6.